The summed E-state index contributed by atoms with van der Waals surface area (Å²) in [5, 5.41) is 12.1. The smallest absolute Gasteiger partial charge is 0.131 e. The first-order valence-electron chi connectivity index (χ1n) is 9.17. The van der Waals surface area contributed by atoms with Gasteiger partial charge in [0.15, 0.2) is 0 Å². The van der Waals surface area contributed by atoms with Gasteiger partial charge in [0.25, 0.3) is 0 Å². The van der Waals surface area contributed by atoms with Gasteiger partial charge in [-0.2, -0.15) is 0 Å². The first kappa shape index (κ1) is 17.1. The zero-order valence-corrected chi connectivity index (χ0v) is 15.3. The number of hydrogen-bond acceptors (Lipinski definition) is 4. The second-order valence-corrected chi connectivity index (χ2v) is 7.64. The number of fused-ring (bicyclic) bond motifs is 1. The van der Waals surface area contributed by atoms with E-state index in [9.17, 15) is 9.50 Å². The first-order chi connectivity index (χ1) is 12.5. The average Bonchev–Trinajstić information content (AvgIpc) is 3.29. The molecule has 4 rings (SSSR count). The van der Waals surface area contributed by atoms with Gasteiger partial charge in [0.1, 0.15) is 17.5 Å². The predicted octanol–water partition coefficient (Wildman–Crippen LogP) is 2.97. The minimum atomic E-state index is -0.489. The zero-order valence-electron chi connectivity index (χ0n) is 15.3. The van der Waals surface area contributed by atoms with Crippen LogP contribution in [0.1, 0.15) is 44.1 Å². The van der Waals surface area contributed by atoms with Gasteiger partial charge in [0.05, 0.1) is 18.2 Å². The molecule has 5 nitrogen and oxygen atoms in total. The molecule has 2 aliphatic heterocycles. The Kier molecular flexibility index (Phi) is 4.23. The largest absolute Gasteiger partial charge is 0.394 e. The van der Waals surface area contributed by atoms with Crippen molar-refractivity contribution in [1.29, 1.82) is 0 Å². The van der Waals surface area contributed by atoms with E-state index in [4.69, 9.17) is 0 Å². The highest BCUT2D eigenvalue weighted by Gasteiger charge is 2.39. The van der Waals surface area contributed by atoms with Crippen LogP contribution in [0.4, 0.5) is 4.39 Å². The number of rotatable bonds is 4. The summed E-state index contributed by atoms with van der Waals surface area (Å²) in [4.78, 5) is 6.77. The molecule has 138 valence electrons. The van der Waals surface area contributed by atoms with Crippen LogP contribution in [-0.2, 0) is 6.42 Å². The van der Waals surface area contributed by atoms with E-state index in [2.05, 4.69) is 21.0 Å². The van der Waals surface area contributed by atoms with Crippen LogP contribution < -0.4 is 5.01 Å². The first-order valence-corrected chi connectivity index (χ1v) is 9.17. The van der Waals surface area contributed by atoms with E-state index in [1.807, 2.05) is 30.8 Å². The number of imidazole rings is 1. The molecule has 0 unspecified atom stereocenters. The van der Waals surface area contributed by atoms with Crippen LogP contribution in [0.25, 0.3) is 0 Å². The Balaban J connectivity index is 1.74. The van der Waals surface area contributed by atoms with E-state index in [0.29, 0.717) is 0 Å². The minimum Gasteiger partial charge on any atom is -0.394 e. The summed E-state index contributed by atoms with van der Waals surface area (Å²) in [7, 11) is 0. The number of aliphatic hydroxyl groups excluding tert-OH is 1. The number of likely N-dealkylation sites (tertiary alicyclic amines) is 1. The van der Waals surface area contributed by atoms with Gasteiger partial charge in [-0.1, -0.05) is 12.1 Å². The Bertz CT molecular complexity index is 829. The molecule has 0 saturated carbocycles. The Hall–Kier alpha value is -2.34. The fourth-order valence-corrected chi connectivity index (χ4v) is 4.04. The van der Waals surface area contributed by atoms with E-state index in [-0.39, 0.29) is 18.5 Å². The highest BCUT2D eigenvalue weighted by Crippen LogP contribution is 2.38. The predicted molar refractivity (Wildman–Crippen MR) is 98.5 cm³/mol. The molecule has 1 saturated heterocycles. The second-order valence-electron chi connectivity index (χ2n) is 7.64. The Morgan fingerprint density at radius 3 is 2.96 bits per heavy atom. The summed E-state index contributed by atoms with van der Waals surface area (Å²) in [6.45, 7) is 4.96. The summed E-state index contributed by atoms with van der Waals surface area (Å²) in [6.07, 6.45) is 8.70. The molecule has 0 bridgehead atoms. The van der Waals surface area contributed by atoms with Crippen molar-refractivity contribution in [2.24, 2.45) is 0 Å². The lowest BCUT2D eigenvalue weighted by Gasteiger charge is -2.47. The number of allylic oxidation sites excluding steroid dienone is 1. The third-order valence-electron chi connectivity index (χ3n) is 5.34. The summed E-state index contributed by atoms with van der Waals surface area (Å²) in [5.74, 6) is 1.81. The molecule has 0 radical (unpaired) electrons. The molecule has 1 aromatic carbocycles. The van der Waals surface area contributed by atoms with Crippen LogP contribution in [0.2, 0.25) is 0 Å². The number of nitrogens with zero attached hydrogens (tertiary/aromatic N) is 4. The molecule has 0 amide bonds. The molecule has 0 spiro atoms. The van der Waals surface area contributed by atoms with Gasteiger partial charge in [-0.3, -0.25) is 5.01 Å². The van der Waals surface area contributed by atoms with Crippen LogP contribution in [0.3, 0.4) is 0 Å². The number of halogens is 1. The molecule has 2 aromatic rings. The molecule has 1 aromatic heterocycles. The van der Waals surface area contributed by atoms with Crippen LogP contribution >= 0.6 is 0 Å². The second kappa shape index (κ2) is 6.43. The number of hydrogen-bond donors (Lipinski definition) is 1. The Labute approximate surface area is 153 Å². The van der Waals surface area contributed by atoms with Crippen LogP contribution in [0.5, 0.6) is 0 Å². The molecule has 2 aliphatic rings. The SMILES string of the molecule is CC(C)(CO)N1C(N2CCC[C@@H]2c2cccc(F)c2)=CCc2nccn21. The minimum absolute atomic E-state index is 0.0143. The summed E-state index contributed by atoms with van der Waals surface area (Å²) in [5.41, 5.74) is 0.512. The molecule has 0 aliphatic carbocycles. The van der Waals surface area contributed by atoms with Gasteiger partial charge in [-0.05, 0) is 50.5 Å². The van der Waals surface area contributed by atoms with Crippen LogP contribution in [0.15, 0.2) is 48.6 Å². The van der Waals surface area contributed by atoms with Crippen LogP contribution in [0, 0.1) is 5.82 Å². The van der Waals surface area contributed by atoms with Crippen molar-refractivity contribution >= 4 is 0 Å². The van der Waals surface area contributed by atoms with E-state index in [1.165, 1.54) is 6.07 Å². The monoisotopic (exact) mass is 356 g/mol. The lowest BCUT2D eigenvalue weighted by molar-refractivity contribution is 0.175. The Morgan fingerprint density at radius 2 is 2.19 bits per heavy atom. The topological polar surface area (TPSA) is 44.5 Å². The molecule has 3 heterocycles. The van der Waals surface area contributed by atoms with Gasteiger partial charge in [-0.15, -0.1) is 0 Å². The van der Waals surface area contributed by atoms with Gasteiger partial charge in [0.2, 0.25) is 0 Å². The Morgan fingerprint density at radius 1 is 1.35 bits per heavy atom. The fourth-order valence-electron chi connectivity index (χ4n) is 4.04. The molecule has 26 heavy (non-hydrogen) atoms. The van der Waals surface area contributed by atoms with Crippen molar-refractivity contribution in [3.63, 3.8) is 0 Å². The maximum Gasteiger partial charge on any atom is 0.131 e. The lowest BCUT2D eigenvalue weighted by Crippen LogP contribution is -2.57. The summed E-state index contributed by atoms with van der Waals surface area (Å²) < 4.78 is 15.8. The summed E-state index contributed by atoms with van der Waals surface area (Å²) >= 11 is 0. The molecular weight excluding hydrogens is 331 g/mol. The van der Waals surface area contributed by atoms with E-state index in [1.54, 1.807) is 18.3 Å². The van der Waals surface area contributed by atoms with Crippen molar-refractivity contribution in [2.45, 2.75) is 44.7 Å². The molecular formula is C20H25FN4O. The fraction of sp³-hybridized carbons (Fsp3) is 0.450. The van der Waals surface area contributed by atoms with Crippen molar-refractivity contribution in [3.05, 3.63) is 65.8 Å². The molecule has 6 heteroatoms. The van der Waals surface area contributed by atoms with Crippen molar-refractivity contribution < 1.29 is 9.50 Å². The van der Waals surface area contributed by atoms with Crippen molar-refractivity contribution in [3.8, 4) is 0 Å². The van der Waals surface area contributed by atoms with Crippen molar-refractivity contribution in [2.75, 3.05) is 18.2 Å². The third-order valence-corrected chi connectivity index (χ3v) is 5.34. The maximum atomic E-state index is 13.8. The average molecular weight is 356 g/mol. The van der Waals surface area contributed by atoms with Gasteiger partial charge in [0, 0.05) is 25.4 Å². The van der Waals surface area contributed by atoms with Gasteiger partial charge >= 0.3 is 0 Å². The third kappa shape index (κ3) is 2.78. The zero-order chi connectivity index (χ0) is 18.3. The number of aliphatic hydroxyl groups is 1. The standard InChI is InChI=1S/C20H25FN4O/c1-20(2,14-26)25-19(9-8-18-22-10-12-24(18)25)23-11-4-7-17(23)15-5-3-6-16(21)13-15/h3,5-6,9-10,12-13,17,26H,4,7-8,11,14H2,1-2H3/t17-/m1/s1. The van der Waals surface area contributed by atoms with Gasteiger partial charge < -0.3 is 10.0 Å². The number of benzene rings is 1. The molecule has 1 atom stereocenters. The normalized spacial score (nSPS) is 20.3. The maximum absolute atomic E-state index is 13.8. The van der Waals surface area contributed by atoms with Crippen LogP contribution in [-0.4, -0.2) is 38.4 Å². The van der Waals surface area contributed by atoms with E-state index >= 15 is 0 Å². The lowest BCUT2D eigenvalue weighted by atomic mass is 10.0. The van der Waals surface area contributed by atoms with E-state index < -0.39 is 5.54 Å². The molecule has 1 N–H and O–H groups in total. The van der Waals surface area contributed by atoms with Crippen molar-refractivity contribution in [1.82, 2.24) is 14.6 Å². The quantitative estimate of drug-likeness (QED) is 0.915. The van der Waals surface area contributed by atoms with Gasteiger partial charge in [-0.25, -0.2) is 14.1 Å². The van der Waals surface area contributed by atoms with E-state index in [0.717, 1.165) is 43.0 Å². The molecule has 1 fully saturated rings. The number of aromatic nitrogens is 2. The highest BCUT2D eigenvalue weighted by molar-refractivity contribution is 5.32. The highest BCUT2D eigenvalue weighted by atomic mass is 19.1. The summed E-state index contributed by atoms with van der Waals surface area (Å²) in [6, 6.07) is 7.04.